The number of sulfonamides is 1. The van der Waals surface area contributed by atoms with Crippen LogP contribution < -0.4 is 4.72 Å². The van der Waals surface area contributed by atoms with E-state index in [9.17, 15) is 8.42 Å². The monoisotopic (exact) mass is 328 g/mol. The Morgan fingerprint density at radius 3 is 2.41 bits per heavy atom. The molecule has 5 nitrogen and oxygen atoms in total. The normalized spacial score (nSPS) is 12.0. The lowest BCUT2D eigenvalue weighted by Crippen LogP contribution is -2.30. The zero-order valence-electron chi connectivity index (χ0n) is 14.1. The number of aryl methyl sites for hydroxylation is 2. The van der Waals surface area contributed by atoms with E-state index in [0.29, 0.717) is 18.1 Å². The second-order valence-corrected chi connectivity index (χ2v) is 7.04. The number of ether oxygens (including phenoxy) is 1. The SMILES string of the molecule is CCN(CC)CCOCCNS(=O)(=O)c1ccc(C)cc1C. The van der Waals surface area contributed by atoms with Gasteiger partial charge in [-0.1, -0.05) is 31.5 Å². The van der Waals surface area contributed by atoms with Crippen molar-refractivity contribution in [3.63, 3.8) is 0 Å². The van der Waals surface area contributed by atoms with Gasteiger partial charge in [-0.2, -0.15) is 0 Å². The van der Waals surface area contributed by atoms with Crippen LogP contribution in [-0.4, -0.2) is 52.7 Å². The number of nitrogens with one attached hydrogen (secondary N) is 1. The number of hydrogen-bond donors (Lipinski definition) is 1. The first-order valence-corrected chi connectivity index (χ1v) is 9.26. The van der Waals surface area contributed by atoms with Crippen molar-refractivity contribution in [3.8, 4) is 0 Å². The molecule has 0 fully saturated rings. The van der Waals surface area contributed by atoms with E-state index in [1.165, 1.54) is 0 Å². The van der Waals surface area contributed by atoms with Crippen molar-refractivity contribution in [2.75, 3.05) is 39.4 Å². The van der Waals surface area contributed by atoms with Crippen LogP contribution in [0, 0.1) is 13.8 Å². The van der Waals surface area contributed by atoms with Gasteiger partial charge in [0.15, 0.2) is 0 Å². The minimum absolute atomic E-state index is 0.286. The van der Waals surface area contributed by atoms with Gasteiger partial charge in [0.25, 0.3) is 0 Å². The number of benzene rings is 1. The number of hydrogen-bond acceptors (Lipinski definition) is 4. The molecule has 1 aromatic rings. The third kappa shape index (κ3) is 6.04. The van der Waals surface area contributed by atoms with E-state index in [2.05, 4.69) is 23.5 Å². The molecule has 1 rings (SSSR count). The largest absolute Gasteiger partial charge is 0.379 e. The smallest absolute Gasteiger partial charge is 0.240 e. The molecule has 6 heteroatoms. The Morgan fingerprint density at radius 1 is 1.14 bits per heavy atom. The minimum atomic E-state index is -3.46. The highest BCUT2D eigenvalue weighted by atomic mass is 32.2. The summed E-state index contributed by atoms with van der Waals surface area (Å²) in [6.07, 6.45) is 0. The average Bonchev–Trinajstić information content (AvgIpc) is 2.46. The Labute approximate surface area is 134 Å². The van der Waals surface area contributed by atoms with E-state index in [0.717, 1.165) is 30.8 Å². The van der Waals surface area contributed by atoms with Crippen molar-refractivity contribution in [2.24, 2.45) is 0 Å². The Kier molecular flexibility index (Phi) is 8.03. The Hall–Kier alpha value is -0.950. The Balaban J connectivity index is 2.37. The summed E-state index contributed by atoms with van der Waals surface area (Å²) >= 11 is 0. The number of rotatable bonds is 10. The summed E-state index contributed by atoms with van der Waals surface area (Å²) in [4.78, 5) is 2.60. The van der Waals surface area contributed by atoms with E-state index >= 15 is 0 Å². The predicted octanol–water partition coefficient (Wildman–Crippen LogP) is 1.94. The predicted molar refractivity (Wildman–Crippen MR) is 89.7 cm³/mol. The molecule has 22 heavy (non-hydrogen) atoms. The standard InChI is InChI=1S/C16H28N2O3S/c1-5-18(6-2)10-12-21-11-9-17-22(19,20)16-8-7-14(3)13-15(16)4/h7-8,13,17H,5-6,9-12H2,1-4H3. The van der Waals surface area contributed by atoms with Gasteiger partial charge in [-0.15, -0.1) is 0 Å². The maximum absolute atomic E-state index is 12.2. The first-order valence-electron chi connectivity index (χ1n) is 7.77. The third-order valence-electron chi connectivity index (χ3n) is 3.60. The van der Waals surface area contributed by atoms with Gasteiger partial charge in [-0.05, 0) is 38.6 Å². The van der Waals surface area contributed by atoms with E-state index in [-0.39, 0.29) is 6.54 Å². The fraction of sp³-hybridized carbons (Fsp3) is 0.625. The minimum Gasteiger partial charge on any atom is -0.379 e. The molecular weight excluding hydrogens is 300 g/mol. The second-order valence-electron chi connectivity index (χ2n) is 5.31. The lowest BCUT2D eigenvalue weighted by molar-refractivity contribution is 0.111. The van der Waals surface area contributed by atoms with E-state index in [4.69, 9.17) is 4.74 Å². The van der Waals surface area contributed by atoms with Crippen molar-refractivity contribution in [1.82, 2.24) is 9.62 Å². The average molecular weight is 328 g/mol. The summed E-state index contributed by atoms with van der Waals surface area (Å²) in [5.74, 6) is 0. The number of nitrogens with zero attached hydrogens (tertiary/aromatic N) is 1. The maximum Gasteiger partial charge on any atom is 0.240 e. The summed E-state index contributed by atoms with van der Waals surface area (Å²) in [6, 6.07) is 5.32. The molecule has 0 amide bonds. The topological polar surface area (TPSA) is 58.6 Å². The summed E-state index contributed by atoms with van der Waals surface area (Å²) in [5.41, 5.74) is 1.81. The van der Waals surface area contributed by atoms with Gasteiger partial charge >= 0.3 is 0 Å². The molecule has 0 bridgehead atoms. The van der Waals surface area contributed by atoms with Crippen LogP contribution in [0.15, 0.2) is 23.1 Å². The van der Waals surface area contributed by atoms with Gasteiger partial charge in [0.1, 0.15) is 0 Å². The Bertz CT molecular complexity index is 555. The molecule has 0 atom stereocenters. The zero-order chi connectivity index (χ0) is 16.6. The highest BCUT2D eigenvalue weighted by Crippen LogP contribution is 2.15. The van der Waals surface area contributed by atoms with Gasteiger partial charge in [-0.25, -0.2) is 13.1 Å². The van der Waals surface area contributed by atoms with Crippen LogP contribution in [0.25, 0.3) is 0 Å². The van der Waals surface area contributed by atoms with Crippen LogP contribution in [0.2, 0.25) is 0 Å². The zero-order valence-corrected chi connectivity index (χ0v) is 14.9. The molecule has 0 unspecified atom stereocenters. The van der Waals surface area contributed by atoms with Crippen molar-refractivity contribution in [1.29, 1.82) is 0 Å². The van der Waals surface area contributed by atoms with Crippen LogP contribution >= 0.6 is 0 Å². The summed E-state index contributed by atoms with van der Waals surface area (Å²) in [6.45, 7) is 12.1. The molecule has 0 aliphatic heterocycles. The fourth-order valence-electron chi connectivity index (χ4n) is 2.26. The molecule has 0 aliphatic rings. The molecular formula is C16H28N2O3S. The summed E-state index contributed by atoms with van der Waals surface area (Å²) in [7, 11) is -3.46. The van der Waals surface area contributed by atoms with Crippen LogP contribution in [0.5, 0.6) is 0 Å². The Morgan fingerprint density at radius 2 is 1.82 bits per heavy atom. The summed E-state index contributed by atoms with van der Waals surface area (Å²) < 4.78 is 32.5. The van der Waals surface area contributed by atoms with Crippen LogP contribution in [-0.2, 0) is 14.8 Å². The molecule has 0 spiro atoms. The fourth-order valence-corrected chi connectivity index (χ4v) is 3.50. The molecule has 126 valence electrons. The van der Waals surface area contributed by atoms with Gasteiger partial charge in [-0.3, -0.25) is 0 Å². The first kappa shape index (κ1) is 19.1. The van der Waals surface area contributed by atoms with Crippen LogP contribution in [0.3, 0.4) is 0 Å². The molecule has 0 saturated heterocycles. The lowest BCUT2D eigenvalue weighted by atomic mass is 10.2. The first-order chi connectivity index (χ1) is 10.4. The lowest BCUT2D eigenvalue weighted by Gasteiger charge is -2.17. The van der Waals surface area contributed by atoms with E-state index in [1.54, 1.807) is 6.07 Å². The molecule has 0 aliphatic carbocycles. The van der Waals surface area contributed by atoms with E-state index in [1.807, 2.05) is 26.0 Å². The van der Waals surface area contributed by atoms with Gasteiger partial charge in [0.05, 0.1) is 18.1 Å². The van der Waals surface area contributed by atoms with E-state index < -0.39 is 10.0 Å². The summed E-state index contributed by atoms with van der Waals surface area (Å²) in [5, 5.41) is 0. The van der Waals surface area contributed by atoms with Crippen LogP contribution in [0.4, 0.5) is 0 Å². The van der Waals surface area contributed by atoms with Gasteiger partial charge in [0.2, 0.25) is 10.0 Å². The molecule has 0 radical (unpaired) electrons. The highest BCUT2D eigenvalue weighted by Gasteiger charge is 2.15. The van der Waals surface area contributed by atoms with Crippen molar-refractivity contribution >= 4 is 10.0 Å². The van der Waals surface area contributed by atoms with Crippen molar-refractivity contribution < 1.29 is 13.2 Å². The molecule has 1 aromatic carbocycles. The van der Waals surface area contributed by atoms with Crippen molar-refractivity contribution in [2.45, 2.75) is 32.6 Å². The van der Waals surface area contributed by atoms with Crippen molar-refractivity contribution in [3.05, 3.63) is 29.3 Å². The molecule has 1 N–H and O–H groups in total. The maximum atomic E-state index is 12.2. The van der Waals surface area contributed by atoms with Gasteiger partial charge < -0.3 is 9.64 Å². The quantitative estimate of drug-likeness (QED) is 0.667. The number of likely N-dealkylation sites (N-methyl/N-ethyl adjacent to an activating group) is 1. The van der Waals surface area contributed by atoms with Gasteiger partial charge in [0, 0.05) is 13.1 Å². The second kappa shape index (κ2) is 9.25. The molecule has 0 aromatic heterocycles. The van der Waals surface area contributed by atoms with Crippen LogP contribution in [0.1, 0.15) is 25.0 Å². The molecule has 0 saturated carbocycles. The highest BCUT2D eigenvalue weighted by molar-refractivity contribution is 7.89. The molecule has 0 heterocycles. The third-order valence-corrected chi connectivity index (χ3v) is 5.23.